The first kappa shape index (κ1) is 21.0. The van der Waals surface area contributed by atoms with Crippen molar-refractivity contribution in [2.45, 2.75) is 11.7 Å². The van der Waals surface area contributed by atoms with Crippen LogP contribution in [-0.2, 0) is 18.4 Å². The van der Waals surface area contributed by atoms with E-state index in [4.69, 9.17) is 11.6 Å². The van der Waals surface area contributed by atoms with Gasteiger partial charge in [-0.3, -0.25) is 19.1 Å². The molecular formula is C21H18ClN5O3S. The van der Waals surface area contributed by atoms with E-state index in [1.54, 1.807) is 28.8 Å². The molecule has 31 heavy (non-hydrogen) atoms. The highest BCUT2D eigenvalue weighted by atomic mass is 35.5. The van der Waals surface area contributed by atoms with Gasteiger partial charge in [0, 0.05) is 17.8 Å². The molecule has 4 aromatic rings. The Kier molecular flexibility index (Phi) is 5.97. The fourth-order valence-corrected chi connectivity index (χ4v) is 4.15. The van der Waals surface area contributed by atoms with E-state index < -0.39 is 11.2 Å². The number of imidazole rings is 1. The van der Waals surface area contributed by atoms with E-state index in [0.29, 0.717) is 22.4 Å². The first-order valence-electron chi connectivity index (χ1n) is 9.34. The summed E-state index contributed by atoms with van der Waals surface area (Å²) in [6.07, 6.45) is 0. The van der Waals surface area contributed by atoms with Crippen molar-refractivity contribution in [3.63, 3.8) is 0 Å². The van der Waals surface area contributed by atoms with Crippen molar-refractivity contribution in [3.8, 4) is 0 Å². The first-order chi connectivity index (χ1) is 14.9. The third-order valence-electron chi connectivity index (χ3n) is 4.59. The molecule has 0 aliphatic rings. The number of rotatable bonds is 6. The van der Waals surface area contributed by atoms with Crippen molar-refractivity contribution in [2.75, 3.05) is 11.1 Å². The predicted molar refractivity (Wildman–Crippen MR) is 122 cm³/mol. The van der Waals surface area contributed by atoms with E-state index in [0.717, 1.165) is 5.56 Å². The van der Waals surface area contributed by atoms with Gasteiger partial charge in [-0.25, -0.2) is 9.78 Å². The second-order valence-electron chi connectivity index (χ2n) is 6.80. The summed E-state index contributed by atoms with van der Waals surface area (Å²) in [5, 5.41) is 3.84. The van der Waals surface area contributed by atoms with Crippen molar-refractivity contribution < 1.29 is 4.79 Å². The van der Waals surface area contributed by atoms with Gasteiger partial charge in [-0.15, -0.1) is 0 Å². The Morgan fingerprint density at radius 3 is 2.68 bits per heavy atom. The van der Waals surface area contributed by atoms with E-state index in [1.165, 1.54) is 23.4 Å². The van der Waals surface area contributed by atoms with Crippen LogP contribution in [0.3, 0.4) is 0 Å². The van der Waals surface area contributed by atoms with Crippen molar-refractivity contribution in [3.05, 3.63) is 86.0 Å². The van der Waals surface area contributed by atoms with E-state index >= 15 is 0 Å². The Labute approximate surface area is 185 Å². The standard InChI is InChI=1S/C21H18ClN5O3S/c1-26-18-17(19(29)25-20(26)30)27(11-13-6-5-7-14(22)10-13)21(24-18)31-12-16(28)23-15-8-3-2-4-9-15/h2-10H,11-12H2,1H3,(H,23,28)(H,25,29,30). The second kappa shape index (κ2) is 8.83. The SMILES string of the molecule is Cn1c(=O)[nH]c(=O)c2c1nc(SCC(=O)Nc1ccccc1)n2Cc1cccc(Cl)c1. The number of para-hydroxylation sites is 1. The lowest BCUT2D eigenvalue weighted by Gasteiger charge is -2.09. The Hall–Kier alpha value is -3.30. The first-order valence-corrected chi connectivity index (χ1v) is 10.7. The molecule has 10 heteroatoms. The maximum Gasteiger partial charge on any atom is 0.329 e. The molecule has 158 valence electrons. The summed E-state index contributed by atoms with van der Waals surface area (Å²) in [5.41, 5.74) is 0.973. The lowest BCUT2D eigenvalue weighted by molar-refractivity contribution is -0.113. The number of hydrogen-bond acceptors (Lipinski definition) is 5. The van der Waals surface area contributed by atoms with Gasteiger partial charge in [0.05, 0.1) is 12.3 Å². The quantitative estimate of drug-likeness (QED) is 0.435. The van der Waals surface area contributed by atoms with Crippen LogP contribution in [-0.4, -0.2) is 30.8 Å². The number of H-pyrrole nitrogens is 1. The molecule has 1 amide bonds. The number of anilines is 1. The van der Waals surface area contributed by atoms with Crippen LogP contribution in [0.4, 0.5) is 5.69 Å². The van der Waals surface area contributed by atoms with Crippen LogP contribution < -0.4 is 16.6 Å². The maximum absolute atomic E-state index is 12.6. The number of aryl methyl sites for hydroxylation is 1. The van der Waals surface area contributed by atoms with Crippen LogP contribution in [0.15, 0.2) is 69.3 Å². The number of carbonyl (C=O) groups excluding carboxylic acids is 1. The number of halogens is 1. The lowest BCUT2D eigenvalue weighted by Crippen LogP contribution is -2.29. The highest BCUT2D eigenvalue weighted by molar-refractivity contribution is 7.99. The maximum atomic E-state index is 12.6. The number of aromatic amines is 1. The zero-order valence-corrected chi connectivity index (χ0v) is 18.0. The number of nitrogens with zero attached hydrogens (tertiary/aromatic N) is 3. The topological polar surface area (TPSA) is 102 Å². The molecule has 2 aromatic heterocycles. The summed E-state index contributed by atoms with van der Waals surface area (Å²) in [6.45, 7) is 0.307. The molecule has 2 aromatic carbocycles. The van der Waals surface area contributed by atoms with Gasteiger partial charge >= 0.3 is 5.69 Å². The number of fused-ring (bicyclic) bond motifs is 1. The Balaban J connectivity index is 1.69. The molecule has 2 heterocycles. The molecule has 0 spiro atoms. The smallest absolute Gasteiger partial charge is 0.325 e. The second-order valence-corrected chi connectivity index (χ2v) is 8.18. The third-order valence-corrected chi connectivity index (χ3v) is 5.80. The molecule has 0 saturated heterocycles. The third kappa shape index (κ3) is 4.57. The molecule has 0 bridgehead atoms. The number of carbonyl (C=O) groups is 1. The van der Waals surface area contributed by atoms with Crippen LogP contribution in [0, 0.1) is 0 Å². The minimum absolute atomic E-state index is 0.0829. The molecule has 0 aliphatic heterocycles. The van der Waals surface area contributed by atoms with E-state index in [9.17, 15) is 14.4 Å². The Morgan fingerprint density at radius 2 is 1.94 bits per heavy atom. The summed E-state index contributed by atoms with van der Waals surface area (Å²) in [6, 6.07) is 16.4. The number of hydrogen-bond donors (Lipinski definition) is 2. The van der Waals surface area contributed by atoms with Gasteiger partial charge in [0.25, 0.3) is 5.56 Å². The highest BCUT2D eigenvalue weighted by Gasteiger charge is 2.19. The average Bonchev–Trinajstić information content (AvgIpc) is 3.10. The minimum Gasteiger partial charge on any atom is -0.325 e. The van der Waals surface area contributed by atoms with Gasteiger partial charge in [-0.1, -0.05) is 53.7 Å². The monoisotopic (exact) mass is 455 g/mol. The molecular weight excluding hydrogens is 438 g/mol. The molecule has 0 fully saturated rings. The van der Waals surface area contributed by atoms with Gasteiger partial charge in [0.2, 0.25) is 5.91 Å². The zero-order chi connectivity index (χ0) is 22.0. The predicted octanol–water partition coefficient (Wildman–Crippen LogP) is 2.86. The molecule has 0 atom stereocenters. The lowest BCUT2D eigenvalue weighted by atomic mass is 10.2. The van der Waals surface area contributed by atoms with E-state index in [2.05, 4.69) is 15.3 Å². The zero-order valence-electron chi connectivity index (χ0n) is 16.5. The summed E-state index contributed by atoms with van der Waals surface area (Å²) in [7, 11) is 1.54. The summed E-state index contributed by atoms with van der Waals surface area (Å²) in [4.78, 5) is 43.8. The van der Waals surface area contributed by atoms with Crippen LogP contribution in [0.5, 0.6) is 0 Å². The van der Waals surface area contributed by atoms with Gasteiger partial charge in [0.15, 0.2) is 16.3 Å². The molecule has 2 N–H and O–H groups in total. The van der Waals surface area contributed by atoms with Crippen molar-refractivity contribution in [2.24, 2.45) is 7.05 Å². The Morgan fingerprint density at radius 1 is 1.16 bits per heavy atom. The van der Waals surface area contributed by atoms with Crippen LogP contribution in [0.2, 0.25) is 5.02 Å². The van der Waals surface area contributed by atoms with Gasteiger partial charge in [-0.2, -0.15) is 0 Å². The summed E-state index contributed by atoms with van der Waals surface area (Å²) >= 11 is 7.29. The number of amides is 1. The highest BCUT2D eigenvalue weighted by Crippen LogP contribution is 2.24. The van der Waals surface area contributed by atoms with Crippen molar-refractivity contribution >= 4 is 46.1 Å². The van der Waals surface area contributed by atoms with Crippen molar-refractivity contribution in [1.82, 2.24) is 19.1 Å². The summed E-state index contributed by atoms with van der Waals surface area (Å²) in [5.74, 6) is -0.125. The molecule has 0 saturated carbocycles. The fraction of sp³-hybridized carbons (Fsp3) is 0.143. The van der Waals surface area contributed by atoms with E-state index in [1.807, 2.05) is 30.3 Å². The molecule has 8 nitrogen and oxygen atoms in total. The number of aromatic nitrogens is 4. The van der Waals surface area contributed by atoms with Gasteiger partial charge in [-0.05, 0) is 29.8 Å². The van der Waals surface area contributed by atoms with E-state index in [-0.39, 0.29) is 22.8 Å². The average molecular weight is 456 g/mol. The van der Waals surface area contributed by atoms with Crippen LogP contribution >= 0.6 is 23.4 Å². The number of benzene rings is 2. The largest absolute Gasteiger partial charge is 0.329 e. The minimum atomic E-state index is -0.553. The van der Waals surface area contributed by atoms with Crippen molar-refractivity contribution in [1.29, 1.82) is 0 Å². The molecule has 0 radical (unpaired) electrons. The van der Waals surface area contributed by atoms with Crippen LogP contribution in [0.1, 0.15) is 5.56 Å². The Bertz CT molecular complexity index is 1380. The molecule has 0 unspecified atom stereocenters. The van der Waals surface area contributed by atoms with Gasteiger partial charge < -0.3 is 9.88 Å². The number of thioether (sulfide) groups is 1. The normalized spacial score (nSPS) is 11.0. The molecule has 0 aliphatic carbocycles. The fourth-order valence-electron chi connectivity index (χ4n) is 3.14. The van der Waals surface area contributed by atoms with Crippen LogP contribution in [0.25, 0.3) is 11.2 Å². The number of nitrogens with one attached hydrogen (secondary N) is 2. The summed E-state index contributed by atoms with van der Waals surface area (Å²) < 4.78 is 2.97. The molecule has 4 rings (SSSR count). The van der Waals surface area contributed by atoms with Gasteiger partial charge in [0.1, 0.15) is 0 Å².